The van der Waals surface area contributed by atoms with Crippen molar-refractivity contribution in [3.8, 4) is 0 Å². The molecule has 0 spiro atoms. The molecule has 0 fully saturated rings. The molecular weight excluding hydrogens is 176 g/mol. The summed E-state index contributed by atoms with van der Waals surface area (Å²) >= 11 is 1.09. The van der Waals surface area contributed by atoms with Crippen molar-refractivity contribution in [1.82, 2.24) is 9.71 Å². The van der Waals surface area contributed by atoms with Crippen LogP contribution in [0.5, 0.6) is 0 Å². The van der Waals surface area contributed by atoms with Gasteiger partial charge >= 0.3 is 6.03 Å². The number of primary amides is 1. The fourth-order valence-electron chi connectivity index (χ4n) is 0.561. The van der Waals surface area contributed by atoms with E-state index in [1.54, 1.807) is 18.3 Å². The molecular formula is C6H8N4OS. The summed E-state index contributed by atoms with van der Waals surface area (Å²) in [5, 5.41) is 0. The maximum absolute atomic E-state index is 10.3. The van der Waals surface area contributed by atoms with Gasteiger partial charge in [-0.05, 0) is 24.1 Å². The molecule has 0 aliphatic heterocycles. The first-order valence-electron chi connectivity index (χ1n) is 3.12. The van der Waals surface area contributed by atoms with E-state index in [0.29, 0.717) is 5.82 Å². The van der Waals surface area contributed by atoms with Crippen molar-refractivity contribution in [3.05, 3.63) is 18.3 Å². The molecule has 64 valence electrons. The SMILES string of the molecule is NC(=O)NSc1ccc(N)nc1. The molecule has 0 saturated heterocycles. The van der Waals surface area contributed by atoms with Crippen molar-refractivity contribution in [2.45, 2.75) is 4.90 Å². The van der Waals surface area contributed by atoms with Crippen molar-refractivity contribution < 1.29 is 4.79 Å². The summed E-state index contributed by atoms with van der Waals surface area (Å²) in [7, 11) is 0. The van der Waals surface area contributed by atoms with Gasteiger partial charge < -0.3 is 11.5 Å². The van der Waals surface area contributed by atoms with E-state index in [0.717, 1.165) is 16.8 Å². The van der Waals surface area contributed by atoms with Crippen LogP contribution in [0.15, 0.2) is 23.2 Å². The molecule has 0 aliphatic carbocycles. The van der Waals surface area contributed by atoms with Crippen molar-refractivity contribution in [1.29, 1.82) is 0 Å². The van der Waals surface area contributed by atoms with Gasteiger partial charge in [-0.1, -0.05) is 0 Å². The van der Waals surface area contributed by atoms with Crippen molar-refractivity contribution in [2.75, 3.05) is 5.73 Å². The average Bonchev–Trinajstić information content (AvgIpc) is 2.03. The Balaban J connectivity index is 2.53. The highest BCUT2D eigenvalue weighted by atomic mass is 32.2. The van der Waals surface area contributed by atoms with Crippen LogP contribution in [-0.4, -0.2) is 11.0 Å². The Kier molecular flexibility index (Phi) is 2.76. The van der Waals surface area contributed by atoms with Crippen molar-refractivity contribution in [2.24, 2.45) is 5.73 Å². The largest absolute Gasteiger partial charge is 0.384 e. The van der Waals surface area contributed by atoms with Crippen LogP contribution in [0.25, 0.3) is 0 Å². The third-order valence-corrected chi connectivity index (χ3v) is 1.81. The molecule has 0 radical (unpaired) electrons. The number of nitrogens with zero attached hydrogens (tertiary/aromatic N) is 1. The average molecular weight is 184 g/mol. The summed E-state index contributed by atoms with van der Waals surface area (Å²) in [6.07, 6.45) is 1.55. The summed E-state index contributed by atoms with van der Waals surface area (Å²) in [6.45, 7) is 0. The number of hydrogen-bond acceptors (Lipinski definition) is 4. The Morgan fingerprint density at radius 1 is 1.58 bits per heavy atom. The summed E-state index contributed by atoms with van der Waals surface area (Å²) in [5.74, 6) is 0.443. The number of amides is 2. The first-order chi connectivity index (χ1) is 5.68. The first-order valence-corrected chi connectivity index (χ1v) is 3.94. The maximum atomic E-state index is 10.3. The minimum absolute atomic E-state index is 0.443. The minimum Gasteiger partial charge on any atom is -0.384 e. The second kappa shape index (κ2) is 3.82. The van der Waals surface area contributed by atoms with Crippen molar-refractivity contribution >= 4 is 23.8 Å². The molecule has 0 saturated carbocycles. The molecule has 12 heavy (non-hydrogen) atoms. The molecule has 1 aromatic rings. The zero-order valence-corrected chi connectivity index (χ0v) is 6.97. The molecule has 6 heteroatoms. The Morgan fingerprint density at radius 2 is 2.33 bits per heavy atom. The zero-order chi connectivity index (χ0) is 8.97. The van der Waals surface area contributed by atoms with Gasteiger partial charge in [-0.3, -0.25) is 4.72 Å². The lowest BCUT2D eigenvalue weighted by atomic mass is 10.5. The molecule has 0 unspecified atom stereocenters. The molecule has 1 heterocycles. The van der Waals surface area contributed by atoms with Gasteiger partial charge in [-0.2, -0.15) is 0 Å². The summed E-state index contributed by atoms with van der Waals surface area (Å²) in [6, 6.07) is 2.80. The van der Waals surface area contributed by atoms with Gasteiger partial charge in [0.2, 0.25) is 0 Å². The monoisotopic (exact) mass is 184 g/mol. The number of aromatic nitrogens is 1. The highest BCUT2D eigenvalue weighted by Gasteiger charge is 1.95. The van der Waals surface area contributed by atoms with E-state index in [1.165, 1.54) is 0 Å². The predicted octanol–water partition coefficient (Wildman–Crippen LogP) is 0.339. The normalized spacial score (nSPS) is 9.33. The lowest BCUT2D eigenvalue weighted by Crippen LogP contribution is -2.22. The van der Waals surface area contributed by atoms with E-state index in [1.807, 2.05) is 0 Å². The van der Waals surface area contributed by atoms with E-state index >= 15 is 0 Å². The third-order valence-electron chi connectivity index (χ3n) is 1.03. The van der Waals surface area contributed by atoms with Gasteiger partial charge in [-0.15, -0.1) is 0 Å². The molecule has 0 aliphatic rings. The van der Waals surface area contributed by atoms with Gasteiger partial charge in [0.1, 0.15) is 5.82 Å². The van der Waals surface area contributed by atoms with Gasteiger partial charge in [0.05, 0.1) is 0 Å². The smallest absolute Gasteiger partial charge is 0.322 e. The molecule has 0 aromatic carbocycles. The number of rotatable bonds is 2. The van der Waals surface area contributed by atoms with Gasteiger partial charge in [0.15, 0.2) is 0 Å². The van der Waals surface area contributed by atoms with Crippen LogP contribution in [0, 0.1) is 0 Å². The fourth-order valence-corrected chi connectivity index (χ4v) is 1.02. The Bertz CT molecular complexity index is 273. The molecule has 5 N–H and O–H groups in total. The predicted molar refractivity (Wildman–Crippen MR) is 47.2 cm³/mol. The van der Waals surface area contributed by atoms with Crippen LogP contribution in [-0.2, 0) is 0 Å². The first kappa shape index (κ1) is 8.66. The van der Waals surface area contributed by atoms with E-state index in [4.69, 9.17) is 11.5 Å². The molecule has 1 rings (SSSR count). The van der Waals surface area contributed by atoms with Gasteiger partial charge in [-0.25, -0.2) is 9.78 Å². The Morgan fingerprint density at radius 3 is 2.83 bits per heavy atom. The molecule has 5 nitrogen and oxygen atoms in total. The van der Waals surface area contributed by atoms with E-state index in [9.17, 15) is 4.79 Å². The van der Waals surface area contributed by atoms with Gasteiger partial charge in [0.25, 0.3) is 0 Å². The molecule has 0 bridgehead atoms. The highest BCUT2D eigenvalue weighted by Crippen LogP contribution is 2.12. The number of urea groups is 1. The lowest BCUT2D eigenvalue weighted by molar-refractivity contribution is 0.254. The van der Waals surface area contributed by atoms with Crippen LogP contribution in [0.3, 0.4) is 0 Å². The Labute approximate surface area is 73.7 Å². The standard InChI is InChI=1S/C6H8N4OS/c7-5-2-1-4(3-9-5)12-10-6(8)11/h1-3H,(H2,7,9)(H3,8,10,11). The summed E-state index contributed by atoms with van der Waals surface area (Å²) < 4.78 is 2.36. The van der Waals surface area contributed by atoms with Crippen molar-refractivity contribution in [3.63, 3.8) is 0 Å². The fraction of sp³-hybridized carbons (Fsp3) is 0. The third kappa shape index (κ3) is 2.67. The number of anilines is 1. The number of hydrogen-bond donors (Lipinski definition) is 3. The molecule has 1 aromatic heterocycles. The van der Waals surface area contributed by atoms with E-state index < -0.39 is 6.03 Å². The van der Waals surface area contributed by atoms with Crippen LogP contribution in [0.1, 0.15) is 0 Å². The molecule has 0 atom stereocenters. The van der Waals surface area contributed by atoms with Gasteiger partial charge in [0, 0.05) is 11.1 Å². The Hall–Kier alpha value is -1.43. The number of pyridine rings is 1. The zero-order valence-electron chi connectivity index (χ0n) is 6.15. The second-order valence-electron chi connectivity index (χ2n) is 1.99. The van der Waals surface area contributed by atoms with E-state index in [2.05, 4.69) is 9.71 Å². The number of nitrogens with one attached hydrogen (secondary N) is 1. The van der Waals surface area contributed by atoms with Crippen LogP contribution in [0.4, 0.5) is 10.6 Å². The minimum atomic E-state index is -0.586. The summed E-state index contributed by atoms with van der Waals surface area (Å²) in [5.41, 5.74) is 10.2. The van der Waals surface area contributed by atoms with E-state index in [-0.39, 0.29) is 0 Å². The van der Waals surface area contributed by atoms with Crippen LogP contribution >= 0.6 is 11.9 Å². The molecule has 2 amide bonds. The topological polar surface area (TPSA) is 94.0 Å². The summed E-state index contributed by atoms with van der Waals surface area (Å²) in [4.78, 5) is 14.9. The highest BCUT2D eigenvalue weighted by molar-refractivity contribution is 7.98. The lowest BCUT2D eigenvalue weighted by Gasteiger charge is -1.99. The maximum Gasteiger partial charge on any atom is 0.322 e. The number of carbonyl (C=O) groups excluding carboxylic acids is 1. The van der Waals surface area contributed by atoms with Crippen LogP contribution < -0.4 is 16.2 Å². The quantitative estimate of drug-likeness (QED) is 0.577. The number of nitrogens with two attached hydrogens (primary N) is 2. The number of nitrogen functional groups attached to an aromatic ring is 1. The number of carbonyl (C=O) groups is 1. The van der Waals surface area contributed by atoms with Crippen LogP contribution in [0.2, 0.25) is 0 Å². The second-order valence-corrected chi connectivity index (χ2v) is 2.87.